The van der Waals surface area contributed by atoms with Crippen molar-refractivity contribution in [3.05, 3.63) is 119 Å². The van der Waals surface area contributed by atoms with Gasteiger partial charge < -0.3 is 20.1 Å². The second-order valence-corrected chi connectivity index (χ2v) is 7.96. The smallest absolute Gasteiger partial charge is 0.257 e. The number of amides is 2. The molecule has 0 radical (unpaired) electrons. The molecular weight excluding hydrogens is 440 g/mol. The number of para-hydroxylation sites is 1. The Morgan fingerprint density at radius 2 is 1.51 bits per heavy atom. The van der Waals surface area contributed by atoms with Gasteiger partial charge in [0, 0.05) is 11.3 Å². The van der Waals surface area contributed by atoms with Crippen LogP contribution in [0.5, 0.6) is 11.5 Å². The molecule has 0 spiro atoms. The fourth-order valence-corrected chi connectivity index (χ4v) is 3.57. The summed E-state index contributed by atoms with van der Waals surface area (Å²) >= 11 is 0. The van der Waals surface area contributed by atoms with Crippen molar-refractivity contribution < 1.29 is 19.1 Å². The number of carbonyl (C=O) groups excluding carboxylic acids is 2. The highest BCUT2D eigenvalue weighted by Gasteiger charge is 2.16. The summed E-state index contributed by atoms with van der Waals surface area (Å²) in [5.74, 6) is 0.298. The van der Waals surface area contributed by atoms with Gasteiger partial charge in [0.05, 0.1) is 18.4 Å². The van der Waals surface area contributed by atoms with E-state index in [0.29, 0.717) is 40.6 Å². The first-order valence-electron chi connectivity index (χ1n) is 11.2. The Kier molecular flexibility index (Phi) is 7.43. The minimum absolute atomic E-state index is 0.311. The molecule has 35 heavy (non-hydrogen) atoms. The summed E-state index contributed by atoms with van der Waals surface area (Å²) in [5.41, 5.74) is 3.89. The topological polar surface area (TPSA) is 76.7 Å². The Hall–Kier alpha value is -4.58. The summed E-state index contributed by atoms with van der Waals surface area (Å²) in [7, 11) is 1.53. The third kappa shape index (κ3) is 6.06. The molecule has 0 aromatic heterocycles. The lowest BCUT2D eigenvalue weighted by molar-refractivity contribution is 0.102. The third-order valence-electron chi connectivity index (χ3n) is 5.36. The van der Waals surface area contributed by atoms with Crippen LogP contribution in [0.4, 0.5) is 11.4 Å². The van der Waals surface area contributed by atoms with E-state index in [-0.39, 0.29) is 11.8 Å². The van der Waals surface area contributed by atoms with Crippen LogP contribution in [0.15, 0.2) is 97.1 Å². The number of carbonyl (C=O) groups is 2. The SMILES string of the molecule is COc1cc(C(=O)Nc2ccccc2C(=O)Nc2cccc(C)c2)ccc1OCc1ccccc1. The van der Waals surface area contributed by atoms with Crippen LogP contribution in [0.3, 0.4) is 0 Å². The van der Waals surface area contributed by atoms with Gasteiger partial charge in [-0.15, -0.1) is 0 Å². The van der Waals surface area contributed by atoms with Gasteiger partial charge in [-0.2, -0.15) is 0 Å². The second-order valence-electron chi connectivity index (χ2n) is 7.96. The summed E-state index contributed by atoms with van der Waals surface area (Å²) in [5, 5.41) is 5.72. The fourth-order valence-electron chi connectivity index (χ4n) is 3.57. The van der Waals surface area contributed by atoms with Gasteiger partial charge in [-0.25, -0.2) is 0 Å². The Bertz CT molecular complexity index is 1340. The van der Waals surface area contributed by atoms with Gasteiger partial charge >= 0.3 is 0 Å². The molecule has 0 saturated carbocycles. The van der Waals surface area contributed by atoms with Crippen LogP contribution in [-0.4, -0.2) is 18.9 Å². The Morgan fingerprint density at radius 3 is 2.29 bits per heavy atom. The number of aryl methyl sites for hydroxylation is 1. The van der Waals surface area contributed by atoms with Gasteiger partial charge in [0.2, 0.25) is 0 Å². The zero-order valence-electron chi connectivity index (χ0n) is 19.6. The van der Waals surface area contributed by atoms with E-state index >= 15 is 0 Å². The molecule has 2 N–H and O–H groups in total. The first-order chi connectivity index (χ1) is 17.0. The molecule has 0 saturated heterocycles. The predicted octanol–water partition coefficient (Wildman–Crippen LogP) is 6.09. The maximum Gasteiger partial charge on any atom is 0.257 e. The Labute approximate surface area is 204 Å². The lowest BCUT2D eigenvalue weighted by Crippen LogP contribution is -2.18. The fraction of sp³-hybridized carbons (Fsp3) is 0.103. The largest absolute Gasteiger partial charge is 0.493 e. The summed E-state index contributed by atoms with van der Waals surface area (Å²) in [6.45, 7) is 2.34. The van der Waals surface area contributed by atoms with Gasteiger partial charge in [0.25, 0.3) is 11.8 Å². The maximum atomic E-state index is 13.0. The van der Waals surface area contributed by atoms with E-state index in [2.05, 4.69) is 10.6 Å². The zero-order chi connectivity index (χ0) is 24.6. The molecular formula is C29H26N2O4. The number of nitrogens with one attached hydrogen (secondary N) is 2. The second kappa shape index (κ2) is 11.0. The third-order valence-corrected chi connectivity index (χ3v) is 5.36. The highest BCUT2D eigenvalue weighted by molar-refractivity contribution is 6.12. The van der Waals surface area contributed by atoms with Crippen molar-refractivity contribution in [2.24, 2.45) is 0 Å². The van der Waals surface area contributed by atoms with E-state index in [0.717, 1.165) is 11.1 Å². The lowest BCUT2D eigenvalue weighted by Gasteiger charge is -2.14. The number of rotatable bonds is 8. The average molecular weight is 467 g/mol. The molecule has 0 aliphatic rings. The number of methoxy groups -OCH3 is 1. The molecule has 176 valence electrons. The van der Waals surface area contributed by atoms with Crippen LogP contribution in [-0.2, 0) is 6.61 Å². The first kappa shape index (κ1) is 23.6. The minimum Gasteiger partial charge on any atom is -0.493 e. The van der Waals surface area contributed by atoms with E-state index in [4.69, 9.17) is 9.47 Å². The molecule has 0 aliphatic heterocycles. The van der Waals surface area contributed by atoms with Crippen molar-refractivity contribution in [3.8, 4) is 11.5 Å². The van der Waals surface area contributed by atoms with Crippen molar-refractivity contribution in [3.63, 3.8) is 0 Å². The van der Waals surface area contributed by atoms with Gasteiger partial charge in [-0.1, -0.05) is 54.6 Å². The van der Waals surface area contributed by atoms with E-state index in [1.54, 1.807) is 42.5 Å². The lowest BCUT2D eigenvalue weighted by atomic mass is 10.1. The molecule has 0 unspecified atom stereocenters. The van der Waals surface area contributed by atoms with Gasteiger partial charge in [-0.3, -0.25) is 9.59 Å². The number of ether oxygens (including phenoxy) is 2. The molecule has 4 aromatic rings. The van der Waals surface area contributed by atoms with Crippen molar-refractivity contribution in [1.29, 1.82) is 0 Å². The van der Waals surface area contributed by atoms with Crippen LogP contribution in [0.25, 0.3) is 0 Å². The molecule has 0 fully saturated rings. The molecule has 0 aliphatic carbocycles. The number of hydrogen-bond donors (Lipinski definition) is 2. The average Bonchev–Trinajstić information content (AvgIpc) is 2.88. The predicted molar refractivity (Wildman–Crippen MR) is 137 cm³/mol. The minimum atomic E-state index is -0.367. The van der Waals surface area contributed by atoms with Crippen molar-refractivity contribution in [1.82, 2.24) is 0 Å². The molecule has 2 amide bonds. The van der Waals surface area contributed by atoms with Crippen molar-refractivity contribution in [2.75, 3.05) is 17.7 Å². The Morgan fingerprint density at radius 1 is 0.743 bits per heavy atom. The normalized spacial score (nSPS) is 10.3. The summed E-state index contributed by atoms with van der Waals surface area (Å²) in [6.07, 6.45) is 0. The van der Waals surface area contributed by atoms with Crippen LogP contribution < -0.4 is 20.1 Å². The number of hydrogen-bond acceptors (Lipinski definition) is 4. The Balaban J connectivity index is 1.48. The monoisotopic (exact) mass is 466 g/mol. The van der Waals surface area contributed by atoms with Crippen LogP contribution >= 0.6 is 0 Å². The summed E-state index contributed by atoms with van der Waals surface area (Å²) in [4.78, 5) is 25.9. The highest BCUT2D eigenvalue weighted by Crippen LogP contribution is 2.29. The van der Waals surface area contributed by atoms with E-state index in [1.807, 2.05) is 61.5 Å². The molecule has 0 heterocycles. The van der Waals surface area contributed by atoms with Crippen molar-refractivity contribution in [2.45, 2.75) is 13.5 Å². The molecule has 4 aromatic carbocycles. The van der Waals surface area contributed by atoms with Gasteiger partial charge in [0.15, 0.2) is 11.5 Å². The van der Waals surface area contributed by atoms with E-state index in [1.165, 1.54) is 7.11 Å². The standard InChI is InChI=1S/C29H26N2O4/c1-20-9-8-12-23(17-20)30-29(33)24-13-6-7-14-25(24)31-28(32)22-15-16-26(27(18-22)34-2)35-19-21-10-4-3-5-11-21/h3-18H,19H2,1-2H3,(H,30,33)(H,31,32). The van der Waals surface area contributed by atoms with Crippen LogP contribution in [0, 0.1) is 6.92 Å². The number of anilines is 2. The number of benzene rings is 4. The molecule has 6 heteroatoms. The maximum absolute atomic E-state index is 13.0. The quantitative estimate of drug-likeness (QED) is 0.330. The van der Waals surface area contributed by atoms with Gasteiger partial charge in [0.1, 0.15) is 6.61 Å². The highest BCUT2D eigenvalue weighted by atomic mass is 16.5. The van der Waals surface area contributed by atoms with Crippen LogP contribution in [0.2, 0.25) is 0 Å². The summed E-state index contributed by atoms with van der Waals surface area (Å²) in [6, 6.07) is 29.2. The van der Waals surface area contributed by atoms with E-state index < -0.39 is 0 Å². The summed E-state index contributed by atoms with van der Waals surface area (Å²) < 4.78 is 11.3. The van der Waals surface area contributed by atoms with Crippen LogP contribution in [0.1, 0.15) is 31.8 Å². The van der Waals surface area contributed by atoms with Gasteiger partial charge in [-0.05, 0) is 60.5 Å². The molecule has 0 bridgehead atoms. The molecule has 6 nitrogen and oxygen atoms in total. The first-order valence-corrected chi connectivity index (χ1v) is 11.2. The van der Waals surface area contributed by atoms with Crippen molar-refractivity contribution >= 4 is 23.2 Å². The van der Waals surface area contributed by atoms with E-state index in [9.17, 15) is 9.59 Å². The molecule has 0 atom stereocenters. The zero-order valence-corrected chi connectivity index (χ0v) is 19.6. The molecule has 4 rings (SSSR count).